The number of halogens is 1. The number of nitrogen functional groups attached to an aromatic ring is 1. The largest absolute Gasteiger partial charge is 0.399 e. The molecule has 0 bridgehead atoms. The molecule has 3 rings (SSSR count). The number of non-ortho nitro benzene ring substituents is 2. The third-order valence-corrected chi connectivity index (χ3v) is 5.07. The molecule has 0 heterocycles. The second kappa shape index (κ2) is 15.5. The number of benzene rings is 3. The van der Waals surface area contributed by atoms with Crippen molar-refractivity contribution in [1.82, 2.24) is 9.80 Å². The van der Waals surface area contributed by atoms with Crippen LogP contribution in [0.1, 0.15) is 16.7 Å². The van der Waals surface area contributed by atoms with Crippen molar-refractivity contribution in [2.24, 2.45) is 0 Å². The summed E-state index contributed by atoms with van der Waals surface area (Å²) >= 11 is 3.25. The molecule has 0 aliphatic heterocycles. The number of hydrogen-bond donors (Lipinski definition) is 1. The molecule has 0 aliphatic carbocycles. The van der Waals surface area contributed by atoms with Crippen LogP contribution in [0, 0.1) is 20.2 Å². The highest BCUT2D eigenvalue weighted by Crippen LogP contribution is 2.14. The van der Waals surface area contributed by atoms with Gasteiger partial charge in [-0.15, -0.1) is 0 Å². The number of rotatable bonds is 7. The zero-order valence-corrected chi connectivity index (χ0v) is 22.0. The van der Waals surface area contributed by atoms with E-state index in [4.69, 9.17) is 5.73 Å². The Morgan fingerprint density at radius 2 is 0.971 bits per heavy atom. The van der Waals surface area contributed by atoms with Crippen LogP contribution in [0.25, 0.3) is 0 Å². The summed E-state index contributed by atoms with van der Waals surface area (Å²) < 4.78 is 0. The SMILES string of the molecule is CN(C)Cc1ccc(N)cc1.CN(C)Cc1ccc([N+](=O)[O-])cc1.O=[N+]([O-])c1ccc(CBr)cc1. The highest BCUT2D eigenvalue weighted by atomic mass is 79.9. The number of nitrogens with zero attached hydrogens (tertiary/aromatic N) is 4. The summed E-state index contributed by atoms with van der Waals surface area (Å²) in [5.74, 6) is 0. The van der Waals surface area contributed by atoms with Crippen LogP contribution in [0.2, 0.25) is 0 Å². The molecule has 0 saturated heterocycles. The predicted octanol–water partition coefficient (Wildman–Crippen LogP) is 5.48. The van der Waals surface area contributed by atoms with E-state index in [2.05, 4.69) is 47.1 Å². The van der Waals surface area contributed by atoms with Gasteiger partial charge in [-0.1, -0.05) is 52.3 Å². The molecule has 3 aromatic carbocycles. The van der Waals surface area contributed by atoms with Crippen molar-refractivity contribution in [2.45, 2.75) is 18.4 Å². The zero-order chi connectivity index (χ0) is 26.4. The molecule has 0 unspecified atom stereocenters. The Balaban J connectivity index is 0.000000264. The van der Waals surface area contributed by atoms with Gasteiger partial charge in [-0.2, -0.15) is 0 Å². The summed E-state index contributed by atoms with van der Waals surface area (Å²) in [6, 6.07) is 21.0. The zero-order valence-electron chi connectivity index (χ0n) is 20.4. The first kappa shape index (κ1) is 29.7. The maximum atomic E-state index is 10.3. The number of alkyl halides is 1. The van der Waals surface area contributed by atoms with E-state index in [9.17, 15) is 20.2 Å². The third-order valence-electron chi connectivity index (χ3n) is 4.43. The van der Waals surface area contributed by atoms with Crippen LogP contribution in [0.15, 0.2) is 72.8 Å². The van der Waals surface area contributed by atoms with Crippen LogP contribution in [0.5, 0.6) is 0 Å². The van der Waals surface area contributed by atoms with Gasteiger partial charge in [0.25, 0.3) is 11.4 Å². The number of nitro groups is 2. The Kier molecular flexibility index (Phi) is 13.2. The molecule has 0 spiro atoms. The lowest BCUT2D eigenvalue weighted by atomic mass is 10.2. The number of anilines is 1. The van der Waals surface area contributed by atoms with Crippen molar-refractivity contribution in [3.05, 3.63) is 110 Å². The van der Waals surface area contributed by atoms with Crippen LogP contribution < -0.4 is 5.73 Å². The first-order chi connectivity index (χ1) is 16.5. The lowest BCUT2D eigenvalue weighted by Gasteiger charge is -2.08. The van der Waals surface area contributed by atoms with Gasteiger partial charge in [-0.25, -0.2) is 0 Å². The van der Waals surface area contributed by atoms with Gasteiger partial charge < -0.3 is 15.5 Å². The maximum absolute atomic E-state index is 10.3. The fourth-order valence-corrected chi connectivity index (χ4v) is 3.16. The molecular weight excluding hydrogens is 514 g/mol. The van der Waals surface area contributed by atoms with Gasteiger partial charge in [-0.05, 0) is 57.0 Å². The van der Waals surface area contributed by atoms with Crippen molar-refractivity contribution >= 4 is 33.0 Å². The first-order valence-corrected chi connectivity index (χ1v) is 11.8. The molecule has 188 valence electrons. The normalized spacial score (nSPS) is 10.1. The number of hydrogen-bond acceptors (Lipinski definition) is 7. The second-order valence-corrected chi connectivity index (χ2v) is 8.76. The highest BCUT2D eigenvalue weighted by molar-refractivity contribution is 9.08. The van der Waals surface area contributed by atoms with Crippen molar-refractivity contribution in [2.75, 3.05) is 33.9 Å². The molecule has 9 nitrogen and oxygen atoms in total. The van der Waals surface area contributed by atoms with E-state index in [-0.39, 0.29) is 16.3 Å². The van der Waals surface area contributed by atoms with Crippen molar-refractivity contribution in [3.8, 4) is 0 Å². The summed E-state index contributed by atoms with van der Waals surface area (Å²) in [6.07, 6.45) is 0. The third kappa shape index (κ3) is 12.6. The molecule has 35 heavy (non-hydrogen) atoms. The van der Waals surface area contributed by atoms with Gasteiger partial charge in [0.05, 0.1) is 9.85 Å². The minimum Gasteiger partial charge on any atom is -0.399 e. The molecule has 0 atom stereocenters. The van der Waals surface area contributed by atoms with Gasteiger partial charge in [0.1, 0.15) is 0 Å². The molecule has 0 aromatic heterocycles. The predicted molar refractivity (Wildman–Crippen MR) is 144 cm³/mol. The average Bonchev–Trinajstić information content (AvgIpc) is 2.81. The maximum Gasteiger partial charge on any atom is 0.269 e. The summed E-state index contributed by atoms with van der Waals surface area (Å²) in [4.78, 5) is 23.9. The fourth-order valence-electron chi connectivity index (χ4n) is 2.78. The Hall–Kier alpha value is -3.34. The van der Waals surface area contributed by atoms with Gasteiger partial charge in [0, 0.05) is 48.4 Å². The van der Waals surface area contributed by atoms with E-state index in [0.29, 0.717) is 0 Å². The Labute approximate surface area is 214 Å². The van der Waals surface area contributed by atoms with Gasteiger partial charge in [0.15, 0.2) is 0 Å². The smallest absolute Gasteiger partial charge is 0.269 e. The quantitative estimate of drug-likeness (QED) is 0.181. The molecule has 0 amide bonds. The van der Waals surface area contributed by atoms with E-state index in [1.54, 1.807) is 24.3 Å². The molecule has 2 N–H and O–H groups in total. The lowest BCUT2D eigenvalue weighted by molar-refractivity contribution is -0.385. The van der Waals surface area contributed by atoms with E-state index >= 15 is 0 Å². The molecule has 0 fully saturated rings. The van der Waals surface area contributed by atoms with Gasteiger partial charge in [0.2, 0.25) is 0 Å². The Bertz CT molecular complexity index is 1040. The summed E-state index contributed by atoms with van der Waals surface area (Å²) in [5, 5.41) is 21.3. The first-order valence-electron chi connectivity index (χ1n) is 10.7. The minimum absolute atomic E-state index is 0.134. The van der Waals surface area contributed by atoms with Crippen LogP contribution in [-0.2, 0) is 18.4 Å². The van der Waals surface area contributed by atoms with E-state index in [0.717, 1.165) is 35.2 Å². The molecule has 0 aliphatic rings. The fraction of sp³-hybridized carbons (Fsp3) is 0.280. The summed E-state index contributed by atoms with van der Waals surface area (Å²) in [5.41, 5.74) is 10.1. The van der Waals surface area contributed by atoms with E-state index in [1.165, 1.54) is 29.8 Å². The molecule has 3 aromatic rings. The standard InChI is InChI=1S/C9H12N2O2.C9H14N2.C7H6BrNO2/c1-10(2)7-8-3-5-9(6-4-8)11(12)13;1-11(2)7-8-3-5-9(10)6-4-8;8-5-6-1-3-7(4-2-6)9(10)11/h3-6H,7H2,1-2H3;3-6H,7,10H2,1-2H3;1-4H,5H2. The molecule has 10 heteroatoms. The van der Waals surface area contributed by atoms with Gasteiger partial charge >= 0.3 is 0 Å². The van der Waals surface area contributed by atoms with Crippen LogP contribution in [0.4, 0.5) is 17.1 Å². The van der Waals surface area contributed by atoms with Crippen LogP contribution >= 0.6 is 15.9 Å². The topological polar surface area (TPSA) is 119 Å². The van der Waals surface area contributed by atoms with Crippen molar-refractivity contribution < 1.29 is 9.85 Å². The molecule has 0 radical (unpaired) electrons. The molecule has 0 saturated carbocycles. The number of nitro benzene ring substituents is 2. The second-order valence-electron chi connectivity index (χ2n) is 8.20. The summed E-state index contributed by atoms with van der Waals surface area (Å²) in [6.45, 7) is 1.78. The van der Waals surface area contributed by atoms with E-state index in [1.807, 2.05) is 31.1 Å². The minimum atomic E-state index is -0.405. The lowest BCUT2D eigenvalue weighted by Crippen LogP contribution is -2.10. The molecular formula is C25H32BrN5O4. The van der Waals surface area contributed by atoms with Gasteiger partial charge in [-0.3, -0.25) is 20.2 Å². The summed E-state index contributed by atoms with van der Waals surface area (Å²) in [7, 11) is 8.02. The van der Waals surface area contributed by atoms with Crippen molar-refractivity contribution in [1.29, 1.82) is 0 Å². The average molecular weight is 546 g/mol. The Morgan fingerprint density at radius 1 is 0.657 bits per heavy atom. The highest BCUT2D eigenvalue weighted by Gasteiger charge is 2.04. The Morgan fingerprint density at radius 3 is 1.26 bits per heavy atom. The number of nitrogens with two attached hydrogens (primary N) is 1. The monoisotopic (exact) mass is 545 g/mol. The van der Waals surface area contributed by atoms with Crippen LogP contribution in [-0.4, -0.2) is 47.8 Å². The van der Waals surface area contributed by atoms with Crippen molar-refractivity contribution in [3.63, 3.8) is 0 Å². The van der Waals surface area contributed by atoms with Crippen LogP contribution in [0.3, 0.4) is 0 Å². The van der Waals surface area contributed by atoms with E-state index < -0.39 is 4.92 Å².